The first kappa shape index (κ1) is 13.6. The van der Waals surface area contributed by atoms with Crippen molar-refractivity contribution < 1.29 is 22.7 Å². The maximum absolute atomic E-state index is 12.1. The van der Waals surface area contributed by atoms with Gasteiger partial charge in [-0.3, -0.25) is 4.79 Å². The summed E-state index contributed by atoms with van der Waals surface area (Å²) in [4.78, 5) is 16.5. The molecule has 104 valence electrons. The fourth-order valence-electron chi connectivity index (χ4n) is 1.92. The van der Waals surface area contributed by atoms with Gasteiger partial charge in [-0.2, -0.15) is 13.2 Å². The monoisotopic (exact) mass is 274 g/mol. The van der Waals surface area contributed by atoms with Crippen LogP contribution in [0.2, 0.25) is 0 Å². The van der Waals surface area contributed by atoms with Crippen LogP contribution in [0.4, 0.5) is 13.2 Å². The number of carbonyl (C=O) groups excluding carboxylic acids is 1. The molecule has 0 N–H and O–H groups in total. The molecule has 0 aliphatic carbocycles. The van der Waals surface area contributed by atoms with E-state index < -0.39 is 18.5 Å². The number of carbonyl (C=O) groups is 1. The van der Waals surface area contributed by atoms with E-state index in [2.05, 4.69) is 4.98 Å². The number of hydrogen-bond donors (Lipinski definition) is 0. The molecule has 0 saturated carbocycles. The normalized spacial score (nSPS) is 19.5. The smallest absolute Gasteiger partial charge is 0.397 e. The van der Waals surface area contributed by atoms with Gasteiger partial charge in [0.2, 0.25) is 11.8 Å². The van der Waals surface area contributed by atoms with Crippen LogP contribution in [-0.2, 0) is 4.79 Å². The highest BCUT2D eigenvalue weighted by Crippen LogP contribution is 2.23. The molecule has 2 rings (SSSR count). The highest BCUT2D eigenvalue weighted by molar-refractivity contribution is 5.77. The van der Waals surface area contributed by atoms with Crippen LogP contribution in [0.3, 0.4) is 0 Å². The molecule has 0 radical (unpaired) electrons. The third kappa shape index (κ3) is 4.11. The Bertz CT molecular complexity index is 436. The molecule has 1 aliphatic rings. The summed E-state index contributed by atoms with van der Waals surface area (Å²) >= 11 is 0. The molecule has 1 fully saturated rings. The minimum absolute atomic E-state index is 0.172. The van der Waals surface area contributed by atoms with Crippen molar-refractivity contribution in [3.63, 3.8) is 0 Å². The lowest BCUT2D eigenvalue weighted by Crippen LogP contribution is -2.33. The first-order chi connectivity index (χ1) is 8.94. The summed E-state index contributed by atoms with van der Waals surface area (Å²) in [5.41, 5.74) is 0. The van der Waals surface area contributed by atoms with Gasteiger partial charge in [0.1, 0.15) is 12.5 Å². The number of pyridine rings is 1. The molecule has 0 unspecified atom stereocenters. The van der Waals surface area contributed by atoms with Gasteiger partial charge in [0.05, 0.1) is 6.54 Å². The number of alkyl halides is 3. The fraction of sp³-hybridized carbons (Fsp3) is 0.500. The van der Waals surface area contributed by atoms with Crippen molar-refractivity contribution in [2.24, 2.45) is 0 Å². The SMILES string of the molecule is O=C(CC(F)(F)F)N1CC[C@H](Oc2ccccn2)C1. The fourth-order valence-corrected chi connectivity index (χ4v) is 1.92. The molecule has 1 amide bonds. The van der Waals surface area contributed by atoms with E-state index in [9.17, 15) is 18.0 Å². The molecular weight excluding hydrogens is 261 g/mol. The maximum Gasteiger partial charge on any atom is 0.397 e. The minimum Gasteiger partial charge on any atom is -0.472 e. The van der Waals surface area contributed by atoms with Crippen LogP contribution in [0.15, 0.2) is 24.4 Å². The first-order valence-corrected chi connectivity index (χ1v) is 5.86. The van der Waals surface area contributed by atoms with E-state index >= 15 is 0 Å². The highest BCUT2D eigenvalue weighted by atomic mass is 19.4. The number of amides is 1. The number of aromatic nitrogens is 1. The van der Waals surface area contributed by atoms with Gasteiger partial charge in [0.25, 0.3) is 0 Å². The number of halogens is 3. The molecule has 0 aromatic carbocycles. The average molecular weight is 274 g/mol. The molecule has 4 nitrogen and oxygen atoms in total. The lowest BCUT2D eigenvalue weighted by Gasteiger charge is -2.17. The summed E-state index contributed by atoms with van der Waals surface area (Å²) in [6, 6.07) is 5.16. The Hall–Kier alpha value is -1.79. The summed E-state index contributed by atoms with van der Waals surface area (Å²) in [5.74, 6) is -0.489. The van der Waals surface area contributed by atoms with Crippen molar-refractivity contribution in [2.45, 2.75) is 25.1 Å². The standard InChI is InChI=1S/C12H13F3N2O2/c13-12(14,15)7-11(18)17-6-4-9(8-17)19-10-3-1-2-5-16-10/h1-3,5,9H,4,6-8H2/t9-/m0/s1. The summed E-state index contributed by atoms with van der Waals surface area (Å²) in [6.07, 6.45) is -4.09. The van der Waals surface area contributed by atoms with Gasteiger partial charge in [-0.1, -0.05) is 6.07 Å². The van der Waals surface area contributed by atoms with Crippen molar-refractivity contribution in [3.05, 3.63) is 24.4 Å². The molecule has 1 atom stereocenters. The van der Waals surface area contributed by atoms with E-state index in [4.69, 9.17) is 4.74 Å². The van der Waals surface area contributed by atoms with E-state index in [1.165, 1.54) is 4.90 Å². The summed E-state index contributed by atoms with van der Waals surface area (Å²) < 4.78 is 41.8. The number of nitrogens with zero attached hydrogens (tertiary/aromatic N) is 2. The van der Waals surface area contributed by atoms with Crippen molar-refractivity contribution in [1.82, 2.24) is 9.88 Å². The zero-order valence-electron chi connectivity index (χ0n) is 10.1. The maximum atomic E-state index is 12.1. The third-order valence-electron chi connectivity index (χ3n) is 2.77. The number of likely N-dealkylation sites (tertiary alicyclic amines) is 1. The van der Waals surface area contributed by atoms with E-state index in [0.29, 0.717) is 12.3 Å². The lowest BCUT2D eigenvalue weighted by molar-refractivity contribution is -0.160. The first-order valence-electron chi connectivity index (χ1n) is 5.86. The van der Waals surface area contributed by atoms with Gasteiger partial charge >= 0.3 is 6.18 Å². The van der Waals surface area contributed by atoms with Gasteiger partial charge < -0.3 is 9.64 Å². The Morgan fingerprint density at radius 2 is 2.26 bits per heavy atom. The summed E-state index contributed by atoms with van der Waals surface area (Å²) in [7, 11) is 0. The van der Waals surface area contributed by atoms with Gasteiger partial charge in [0.15, 0.2) is 0 Å². The average Bonchev–Trinajstić information content (AvgIpc) is 2.77. The van der Waals surface area contributed by atoms with E-state index in [-0.39, 0.29) is 19.2 Å². The second-order valence-corrected chi connectivity index (χ2v) is 4.33. The molecule has 19 heavy (non-hydrogen) atoms. The molecule has 1 aromatic heterocycles. The second-order valence-electron chi connectivity index (χ2n) is 4.33. The van der Waals surface area contributed by atoms with E-state index in [1.807, 2.05) is 0 Å². The summed E-state index contributed by atoms with van der Waals surface area (Å²) in [5, 5.41) is 0. The number of ether oxygens (including phenoxy) is 1. The zero-order chi connectivity index (χ0) is 13.9. The molecular formula is C12H13F3N2O2. The molecule has 0 bridgehead atoms. The minimum atomic E-state index is -4.46. The predicted molar refractivity (Wildman–Crippen MR) is 60.5 cm³/mol. The topological polar surface area (TPSA) is 42.4 Å². The summed E-state index contributed by atoms with van der Waals surface area (Å²) in [6.45, 7) is 0.456. The number of hydrogen-bond acceptors (Lipinski definition) is 3. The Morgan fingerprint density at radius 1 is 1.47 bits per heavy atom. The van der Waals surface area contributed by atoms with Crippen molar-refractivity contribution in [3.8, 4) is 5.88 Å². The molecule has 1 saturated heterocycles. The van der Waals surface area contributed by atoms with Crippen LogP contribution in [0.25, 0.3) is 0 Å². The molecule has 0 spiro atoms. The van der Waals surface area contributed by atoms with Crippen LogP contribution in [-0.4, -0.2) is 41.2 Å². The third-order valence-corrected chi connectivity index (χ3v) is 2.77. The van der Waals surface area contributed by atoms with Crippen LogP contribution in [0.5, 0.6) is 5.88 Å². The van der Waals surface area contributed by atoms with Crippen LogP contribution in [0.1, 0.15) is 12.8 Å². The molecule has 7 heteroatoms. The Labute approximate surface area is 108 Å². The largest absolute Gasteiger partial charge is 0.472 e. The van der Waals surface area contributed by atoms with Crippen LogP contribution < -0.4 is 4.74 Å². The Kier molecular flexibility index (Phi) is 3.92. The number of rotatable bonds is 3. The van der Waals surface area contributed by atoms with Gasteiger partial charge in [0, 0.05) is 25.2 Å². The van der Waals surface area contributed by atoms with Crippen molar-refractivity contribution in [1.29, 1.82) is 0 Å². The lowest BCUT2D eigenvalue weighted by atomic mass is 10.3. The van der Waals surface area contributed by atoms with Crippen LogP contribution in [0, 0.1) is 0 Å². The van der Waals surface area contributed by atoms with Gasteiger partial charge in [-0.15, -0.1) is 0 Å². The van der Waals surface area contributed by atoms with Gasteiger partial charge in [-0.05, 0) is 6.07 Å². The zero-order valence-corrected chi connectivity index (χ0v) is 10.1. The second kappa shape index (κ2) is 5.46. The van der Waals surface area contributed by atoms with Crippen molar-refractivity contribution >= 4 is 5.91 Å². The quantitative estimate of drug-likeness (QED) is 0.846. The molecule has 1 aliphatic heterocycles. The predicted octanol–water partition coefficient (Wildman–Crippen LogP) is 2.01. The highest BCUT2D eigenvalue weighted by Gasteiger charge is 2.36. The Balaban J connectivity index is 1.85. The molecule has 1 aromatic rings. The van der Waals surface area contributed by atoms with E-state index in [0.717, 1.165) is 0 Å². The van der Waals surface area contributed by atoms with Gasteiger partial charge in [-0.25, -0.2) is 4.98 Å². The molecule has 2 heterocycles. The Morgan fingerprint density at radius 3 is 2.89 bits per heavy atom. The van der Waals surface area contributed by atoms with Crippen LogP contribution >= 0.6 is 0 Å². The van der Waals surface area contributed by atoms with E-state index in [1.54, 1.807) is 24.4 Å². The van der Waals surface area contributed by atoms with Crippen molar-refractivity contribution in [2.75, 3.05) is 13.1 Å².